The summed E-state index contributed by atoms with van der Waals surface area (Å²) in [5.74, 6) is 1.22. The number of aryl methyl sites for hydroxylation is 1. The predicted octanol–water partition coefficient (Wildman–Crippen LogP) is 7.59. The van der Waals surface area contributed by atoms with Crippen molar-refractivity contribution in [3.63, 3.8) is 0 Å². The van der Waals surface area contributed by atoms with Gasteiger partial charge in [0.05, 0.1) is 12.0 Å². The highest BCUT2D eigenvalue weighted by Crippen LogP contribution is 2.26. The maximum absolute atomic E-state index is 12.1. The van der Waals surface area contributed by atoms with E-state index in [2.05, 4.69) is 58.4 Å². The standard InChI is InChI=1S/C29H31BrO3/c1-29(2,3)28(31)33-27-17-12-23(13-18-27)21-25(24-7-5-4-6-8-24)14-9-22-10-15-26(16-11-22)32-20-19-30/h4-8,10-13,15-18,21H,9,14,19-20H2,1-3H3. The zero-order chi connectivity index (χ0) is 23.7. The van der Waals surface area contributed by atoms with Gasteiger partial charge in [-0.15, -0.1) is 0 Å². The third-order valence-corrected chi connectivity index (χ3v) is 5.46. The lowest BCUT2D eigenvalue weighted by Crippen LogP contribution is -2.25. The van der Waals surface area contributed by atoms with Crippen LogP contribution in [0, 0.1) is 5.41 Å². The number of halogens is 1. The van der Waals surface area contributed by atoms with Gasteiger partial charge in [0.2, 0.25) is 0 Å². The van der Waals surface area contributed by atoms with E-state index in [1.165, 1.54) is 16.7 Å². The first-order valence-corrected chi connectivity index (χ1v) is 12.3. The third-order valence-electron chi connectivity index (χ3n) is 5.14. The van der Waals surface area contributed by atoms with E-state index in [0.717, 1.165) is 29.5 Å². The normalized spacial score (nSPS) is 11.8. The van der Waals surface area contributed by atoms with Crippen LogP contribution < -0.4 is 9.47 Å². The van der Waals surface area contributed by atoms with Gasteiger partial charge in [0.25, 0.3) is 0 Å². The minimum absolute atomic E-state index is 0.237. The Bertz CT molecular complexity index is 1050. The molecule has 0 aliphatic rings. The van der Waals surface area contributed by atoms with Crippen molar-refractivity contribution in [3.05, 3.63) is 95.6 Å². The highest BCUT2D eigenvalue weighted by molar-refractivity contribution is 9.09. The topological polar surface area (TPSA) is 35.5 Å². The first-order valence-electron chi connectivity index (χ1n) is 11.2. The molecular weight excluding hydrogens is 476 g/mol. The summed E-state index contributed by atoms with van der Waals surface area (Å²) in [5.41, 5.74) is 4.28. The van der Waals surface area contributed by atoms with E-state index in [9.17, 15) is 4.79 Å². The second kappa shape index (κ2) is 11.9. The van der Waals surface area contributed by atoms with Gasteiger partial charge in [-0.25, -0.2) is 0 Å². The molecule has 0 aliphatic carbocycles. The number of alkyl halides is 1. The van der Waals surface area contributed by atoms with Crippen LogP contribution in [-0.2, 0) is 11.2 Å². The predicted molar refractivity (Wildman–Crippen MR) is 140 cm³/mol. The average Bonchev–Trinajstić information content (AvgIpc) is 2.82. The van der Waals surface area contributed by atoms with E-state index in [1.807, 2.05) is 63.2 Å². The minimum Gasteiger partial charge on any atom is -0.493 e. The summed E-state index contributed by atoms with van der Waals surface area (Å²) in [7, 11) is 0. The fourth-order valence-corrected chi connectivity index (χ4v) is 3.40. The molecule has 3 aromatic rings. The average molecular weight is 507 g/mol. The number of carbonyl (C=O) groups is 1. The molecule has 172 valence electrons. The molecule has 0 spiro atoms. The van der Waals surface area contributed by atoms with Crippen LogP contribution in [0.1, 0.15) is 43.9 Å². The molecule has 3 nitrogen and oxygen atoms in total. The van der Waals surface area contributed by atoms with E-state index in [0.29, 0.717) is 12.4 Å². The number of hydrogen-bond acceptors (Lipinski definition) is 3. The summed E-state index contributed by atoms with van der Waals surface area (Å²) in [5, 5.41) is 0.819. The minimum atomic E-state index is -0.530. The summed E-state index contributed by atoms with van der Waals surface area (Å²) in [6, 6.07) is 26.4. The molecule has 0 amide bonds. The molecule has 0 heterocycles. The van der Waals surface area contributed by atoms with Crippen LogP contribution >= 0.6 is 15.9 Å². The summed E-state index contributed by atoms with van der Waals surface area (Å²) in [4.78, 5) is 12.1. The fraction of sp³-hybridized carbons (Fsp3) is 0.276. The van der Waals surface area contributed by atoms with Crippen molar-refractivity contribution >= 4 is 33.5 Å². The van der Waals surface area contributed by atoms with Gasteiger partial charge in [-0.3, -0.25) is 4.79 Å². The Hall–Kier alpha value is -2.85. The summed E-state index contributed by atoms with van der Waals surface area (Å²) >= 11 is 3.38. The monoisotopic (exact) mass is 506 g/mol. The molecule has 0 saturated heterocycles. The molecule has 0 aromatic heterocycles. The van der Waals surface area contributed by atoms with Crippen molar-refractivity contribution in [3.8, 4) is 11.5 Å². The molecule has 33 heavy (non-hydrogen) atoms. The number of carbonyl (C=O) groups excluding carboxylic acids is 1. The van der Waals surface area contributed by atoms with Gasteiger partial charge in [0.1, 0.15) is 11.5 Å². The SMILES string of the molecule is CC(C)(C)C(=O)Oc1ccc(C=C(CCc2ccc(OCCBr)cc2)c2ccccc2)cc1. The van der Waals surface area contributed by atoms with Gasteiger partial charge in [-0.05, 0) is 80.1 Å². The van der Waals surface area contributed by atoms with Gasteiger partial charge < -0.3 is 9.47 Å². The van der Waals surface area contributed by atoms with Crippen molar-refractivity contribution in [2.75, 3.05) is 11.9 Å². The molecule has 0 unspecified atom stereocenters. The molecular formula is C29H31BrO3. The van der Waals surface area contributed by atoms with Crippen LogP contribution in [0.5, 0.6) is 11.5 Å². The van der Waals surface area contributed by atoms with Gasteiger partial charge in [0, 0.05) is 5.33 Å². The van der Waals surface area contributed by atoms with Crippen molar-refractivity contribution in [1.29, 1.82) is 0 Å². The molecule has 0 saturated carbocycles. The third kappa shape index (κ3) is 7.90. The Balaban J connectivity index is 1.74. The Morgan fingerprint density at radius 1 is 0.879 bits per heavy atom. The van der Waals surface area contributed by atoms with Crippen LogP contribution in [0.4, 0.5) is 0 Å². The molecule has 0 N–H and O–H groups in total. The molecule has 0 atom stereocenters. The molecule has 3 rings (SSSR count). The molecule has 0 bridgehead atoms. The molecule has 0 fully saturated rings. The van der Waals surface area contributed by atoms with Crippen molar-refractivity contribution < 1.29 is 14.3 Å². The number of benzene rings is 3. The molecule has 0 aliphatic heterocycles. The van der Waals surface area contributed by atoms with Crippen molar-refractivity contribution in [2.45, 2.75) is 33.6 Å². The van der Waals surface area contributed by atoms with Gasteiger partial charge in [-0.2, -0.15) is 0 Å². The van der Waals surface area contributed by atoms with Gasteiger partial charge >= 0.3 is 5.97 Å². The van der Waals surface area contributed by atoms with E-state index in [-0.39, 0.29) is 5.97 Å². The Kier molecular flexibility index (Phi) is 8.90. The molecule has 3 aromatic carbocycles. The fourth-order valence-electron chi connectivity index (χ4n) is 3.23. The lowest BCUT2D eigenvalue weighted by Gasteiger charge is -2.16. The van der Waals surface area contributed by atoms with Gasteiger partial charge in [0.15, 0.2) is 0 Å². The van der Waals surface area contributed by atoms with Crippen LogP contribution in [0.25, 0.3) is 11.6 Å². The first-order chi connectivity index (χ1) is 15.8. The largest absolute Gasteiger partial charge is 0.493 e. The summed E-state index contributed by atoms with van der Waals surface area (Å²) in [6.07, 6.45) is 4.05. The zero-order valence-electron chi connectivity index (χ0n) is 19.5. The number of allylic oxidation sites excluding steroid dienone is 1. The summed E-state index contributed by atoms with van der Waals surface area (Å²) < 4.78 is 11.1. The second-order valence-corrected chi connectivity index (χ2v) is 9.72. The Morgan fingerprint density at radius 3 is 2.12 bits per heavy atom. The highest BCUT2D eigenvalue weighted by atomic mass is 79.9. The summed E-state index contributed by atoms with van der Waals surface area (Å²) in [6.45, 7) is 6.21. The quantitative estimate of drug-likeness (QED) is 0.130. The van der Waals surface area contributed by atoms with Gasteiger partial charge in [-0.1, -0.05) is 76.6 Å². The van der Waals surface area contributed by atoms with Crippen LogP contribution in [0.15, 0.2) is 78.9 Å². The van der Waals surface area contributed by atoms with E-state index in [1.54, 1.807) is 0 Å². The zero-order valence-corrected chi connectivity index (χ0v) is 21.1. The lowest BCUT2D eigenvalue weighted by molar-refractivity contribution is -0.142. The van der Waals surface area contributed by atoms with Crippen LogP contribution in [0.3, 0.4) is 0 Å². The van der Waals surface area contributed by atoms with E-state index >= 15 is 0 Å². The highest BCUT2D eigenvalue weighted by Gasteiger charge is 2.23. The van der Waals surface area contributed by atoms with Crippen LogP contribution in [0.2, 0.25) is 0 Å². The van der Waals surface area contributed by atoms with Crippen LogP contribution in [-0.4, -0.2) is 17.9 Å². The Labute approximate surface area is 205 Å². The number of esters is 1. The molecule has 4 heteroatoms. The second-order valence-electron chi connectivity index (χ2n) is 8.93. The van der Waals surface area contributed by atoms with Crippen molar-refractivity contribution in [1.82, 2.24) is 0 Å². The number of ether oxygens (including phenoxy) is 2. The maximum atomic E-state index is 12.1. The van der Waals surface area contributed by atoms with Crippen molar-refractivity contribution in [2.24, 2.45) is 5.41 Å². The van der Waals surface area contributed by atoms with E-state index in [4.69, 9.17) is 9.47 Å². The number of rotatable bonds is 9. The smallest absolute Gasteiger partial charge is 0.316 e. The lowest BCUT2D eigenvalue weighted by atomic mass is 9.96. The number of hydrogen-bond donors (Lipinski definition) is 0. The van der Waals surface area contributed by atoms with E-state index < -0.39 is 5.41 Å². The maximum Gasteiger partial charge on any atom is 0.316 e. The Morgan fingerprint density at radius 2 is 1.52 bits per heavy atom. The first kappa shape index (κ1) is 24.8. The molecule has 0 radical (unpaired) electrons.